The van der Waals surface area contributed by atoms with Crippen LogP contribution in [0.4, 0.5) is 0 Å². The van der Waals surface area contributed by atoms with Crippen LogP contribution in [0.15, 0.2) is 0 Å². The van der Waals surface area contributed by atoms with Crippen molar-refractivity contribution in [2.75, 3.05) is 6.54 Å². The van der Waals surface area contributed by atoms with Crippen molar-refractivity contribution in [3.63, 3.8) is 0 Å². The van der Waals surface area contributed by atoms with E-state index >= 15 is 0 Å². The standard InChI is InChI=1S/C16H28N2O2/c1-6-13(19)17-11(2)14(20)18-10-16(5)8-12(18)7-15(3,4)9-16/h11-12H,6-10H2,1-5H3,(H,17,19). The third-order valence-electron chi connectivity index (χ3n) is 4.77. The van der Waals surface area contributed by atoms with E-state index in [4.69, 9.17) is 0 Å². The number of carbonyl (C=O) groups is 2. The molecule has 0 spiro atoms. The lowest BCUT2D eigenvalue weighted by molar-refractivity contribution is -0.136. The van der Waals surface area contributed by atoms with Gasteiger partial charge in [0.1, 0.15) is 6.04 Å². The Balaban J connectivity index is 2.07. The molecule has 2 rings (SSSR count). The molecule has 1 aliphatic heterocycles. The van der Waals surface area contributed by atoms with Crippen molar-refractivity contribution in [3.05, 3.63) is 0 Å². The minimum atomic E-state index is -0.409. The molecule has 0 aromatic carbocycles. The van der Waals surface area contributed by atoms with Crippen LogP contribution in [0.25, 0.3) is 0 Å². The minimum Gasteiger partial charge on any atom is -0.345 e. The van der Waals surface area contributed by atoms with E-state index in [0.29, 0.717) is 17.9 Å². The van der Waals surface area contributed by atoms with E-state index in [1.54, 1.807) is 13.8 Å². The molecule has 0 radical (unpaired) electrons. The van der Waals surface area contributed by atoms with Gasteiger partial charge in [0.15, 0.2) is 0 Å². The van der Waals surface area contributed by atoms with Crippen molar-refractivity contribution in [1.82, 2.24) is 10.2 Å². The Morgan fingerprint density at radius 1 is 1.30 bits per heavy atom. The largest absolute Gasteiger partial charge is 0.345 e. The molecule has 2 bridgehead atoms. The molecule has 2 aliphatic rings. The predicted molar refractivity (Wildman–Crippen MR) is 79.1 cm³/mol. The first-order valence-corrected chi connectivity index (χ1v) is 7.76. The number of carbonyl (C=O) groups excluding carboxylic acids is 2. The summed E-state index contributed by atoms with van der Waals surface area (Å²) in [6.07, 6.45) is 3.78. The minimum absolute atomic E-state index is 0.0560. The van der Waals surface area contributed by atoms with Gasteiger partial charge >= 0.3 is 0 Å². The number of hydrogen-bond acceptors (Lipinski definition) is 2. The van der Waals surface area contributed by atoms with Crippen LogP contribution in [0.2, 0.25) is 0 Å². The Hall–Kier alpha value is -1.06. The highest BCUT2D eigenvalue weighted by atomic mass is 16.2. The third kappa shape index (κ3) is 2.99. The van der Waals surface area contributed by atoms with E-state index in [9.17, 15) is 9.59 Å². The van der Waals surface area contributed by atoms with Crippen LogP contribution < -0.4 is 5.32 Å². The van der Waals surface area contributed by atoms with E-state index in [1.807, 2.05) is 4.90 Å². The summed E-state index contributed by atoms with van der Waals surface area (Å²) in [6, 6.07) is -0.0641. The van der Waals surface area contributed by atoms with Gasteiger partial charge in [-0.05, 0) is 37.0 Å². The summed E-state index contributed by atoms with van der Waals surface area (Å²) in [5.41, 5.74) is 0.555. The molecule has 0 aromatic heterocycles. The quantitative estimate of drug-likeness (QED) is 0.862. The molecular formula is C16H28N2O2. The molecular weight excluding hydrogens is 252 g/mol. The van der Waals surface area contributed by atoms with E-state index in [0.717, 1.165) is 19.4 Å². The fourth-order valence-electron chi connectivity index (χ4n) is 4.37. The van der Waals surface area contributed by atoms with E-state index < -0.39 is 6.04 Å². The molecule has 2 fully saturated rings. The number of fused-ring (bicyclic) bond motifs is 2. The lowest BCUT2D eigenvalue weighted by Gasteiger charge is -2.39. The van der Waals surface area contributed by atoms with Crippen molar-refractivity contribution in [2.24, 2.45) is 10.8 Å². The summed E-state index contributed by atoms with van der Waals surface area (Å²) >= 11 is 0. The molecule has 1 aliphatic carbocycles. The summed E-state index contributed by atoms with van der Waals surface area (Å²) in [4.78, 5) is 26.1. The number of amides is 2. The molecule has 3 atom stereocenters. The lowest BCUT2D eigenvalue weighted by Crippen LogP contribution is -2.48. The Morgan fingerprint density at radius 3 is 2.55 bits per heavy atom. The molecule has 20 heavy (non-hydrogen) atoms. The van der Waals surface area contributed by atoms with Crippen molar-refractivity contribution in [2.45, 2.75) is 72.4 Å². The van der Waals surface area contributed by atoms with Gasteiger partial charge in [-0.1, -0.05) is 27.7 Å². The van der Waals surface area contributed by atoms with Crippen molar-refractivity contribution in [1.29, 1.82) is 0 Å². The number of hydrogen-bond donors (Lipinski definition) is 1. The summed E-state index contributed by atoms with van der Waals surface area (Å²) in [6.45, 7) is 11.3. The Labute approximate surface area is 122 Å². The fourth-order valence-corrected chi connectivity index (χ4v) is 4.37. The maximum absolute atomic E-state index is 12.6. The van der Waals surface area contributed by atoms with Gasteiger partial charge in [0, 0.05) is 19.0 Å². The molecule has 3 unspecified atom stereocenters. The van der Waals surface area contributed by atoms with Gasteiger partial charge in [0.25, 0.3) is 0 Å². The van der Waals surface area contributed by atoms with Crippen molar-refractivity contribution in [3.8, 4) is 0 Å². The fraction of sp³-hybridized carbons (Fsp3) is 0.875. The molecule has 4 nitrogen and oxygen atoms in total. The van der Waals surface area contributed by atoms with E-state index in [2.05, 4.69) is 26.1 Å². The summed E-state index contributed by atoms with van der Waals surface area (Å²) in [5.74, 6) is 0.0257. The summed E-state index contributed by atoms with van der Waals surface area (Å²) in [7, 11) is 0. The average molecular weight is 280 g/mol. The number of nitrogens with one attached hydrogen (secondary N) is 1. The first kappa shape index (κ1) is 15.3. The molecule has 1 saturated heterocycles. The summed E-state index contributed by atoms with van der Waals surface area (Å²) < 4.78 is 0. The van der Waals surface area contributed by atoms with E-state index in [-0.39, 0.29) is 17.2 Å². The normalized spacial score (nSPS) is 32.9. The maximum Gasteiger partial charge on any atom is 0.245 e. The first-order chi connectivity index (χ1) is 9.16. The molecule has 2 amide bonds. The highest BCUT2D eigenvalue weighted by molar-refractivity contribution is 5.87. The highest BCUT2D eigenvalue weighted by Crippen LogP contribution is 2.52. The van der Waals surface area contributed by atoms with Crippen LogP contribution in [0.3, 0.4) is 0 Å². The van der Waals surface area contributed by atoms with Crippen LogP contribution in [-0.2, 0) is 9.59 Å². The third-order valence-corrected chi connectivity index (χ3v) is 4.77. The van der Waals surface area contributed by atoms with E-state index in [1.165, 1.54) is 6.42 Å². The predicted octanol–water partition coefficient (Wildman–Crippen LogP) is 2.33. The second-order valence-electron chi connectivity index (χ2n) is 7.82. The Morgan fingerprint density at radius 2 is 1.95 bits per heavy atom. The van der Waals surface area contributed by atoms with Gasteiger partial charge in [0.2, 0.25) is 11.8 Å². The number of likely N-dealkylation sites (tertiary alicyclic amines) is 1. The lowest BCUT2D eigenvalue weighted by atomic mass is 9.65. The Kier molecular flexibility index (Phi) is 3.87. The Bertz CT molecular complexity index is 419. The van der Waals surface area contributed by atoms with Crippen LogP contribution in [0.5, 0.6) is 0 Å². The summed E-state index contributed by atoms with van der Waals surface area (Å²) in [5, 5.41) is 2.79. The maximum atomic E-state index is 12.6. The van der Waals surface area contributed by atoms with Gasteiger partial charge in [-0.3, -0.25) is 9.59 Å². The molecule has 1 N–H and O–H groups in total. The molecule has 0 aromatic rings. The second kappa shape index (κ2) is 5.05. The zero-order valence-corrected chi connectivity index (χ0v) is 13.5. The van der Waals surface area contributed by atoms with Gasteiger partial charge < -0.3 is 10.2 Å². The highest BCUT2D eigenvalue weighted by Gasteiger charge is 2.51. The average Bonchev–Trinajstić information content (AvgIpc) is 2.57. The van der Waals surface area contributed by atoms with Crippen LogP contribution in [0.1, 0.15) is 60.3 Å². The molecule has 1 saturated carbocycles. The van der Waals surface area contributed by atoms with Crippen molar-refractivity contribution < 1.29 is 9.59 Å². The number of nitrogens with zero attached hydrogens (tertiary/aromatic N) is 1. The zero-order chi connectivity index (χ0) is 15.1. The van der Waals surface area contributed by atoms with Gasteiger partial charge in [0.05, 0.1) is 0 Å². The zero-order valence-electron chi connectivity index (χ0n) is 13.5. The molecule has 4 heteroatoms. The van der Waals surface area contributed by atoms with Crippen molar-refractivity contribution >= 4 is 11.8 Å². The van der Waals surface area contributed by atoms with Gasteiger partial charge in [-0.25, -0.2) is 0 Å². The topological polar surface area (TPSA) is 49.4 Å². The molecule has 1 heterocycles. The molecule has 114 valence electrons. The second-order valence-corrected chi connectivity index (χ2v) is 7.82. The van der Waals surface area contributed by atoms with Gasteiger partial charge in [-0.2, -0.15) is 0 Å². The number of rotatable bonds is 3. The smallest absolute Gasteiger partial charge is 0.245 e. The first-order valence-electron chi connectivity index (χ1n) is 7.76. The SMILES string of the molecule is CCC(=O)NC(C)C(=O)N1CC2(C)CC1CC(C)(C)C2. The van der Waals surface area contributed by atoms with Gasteiger partial charge in [-0.15, -0.1) is 0 Å². The van der Waals surface area contributed by atoms with Crippen LogP contribution in [0, 0.1) is 10.8 Å². The van der Waals surface area contributed by atoms with Crippen LogP contribution >= 0.6 is 0 Å². The van der Waals surface area contributed by atoms with Crippen LogP contribution in [-0.4, -0.2) is 35.3 Å². The monoisotopic (exact) mass is 280 g/mol.